The van der Waals surface area contributed by atoms with Gasteiger partial charge in [0.2, 0.25) is 0 Å². The van der Waals surface area contributed by atoms with Crippen molar-refractivity contribution in [3.05, 3.63) is 76.8 Å². The SMILES string of the molecule is CC(c1ccon1)N(C)C(=O)c1ccc2nc(-c3ccc(Cl)cc3)c(CCCCC(=O)O)nc2c1. The molecule has 0 aliphatic heterocycles. The van der Waals surface area contributed by atoms with Gasteiger partial charge in [-0.1, -0.05) is 28.9 Å². The van der Waals surface area contributed by atoms with Crippen molar-refractivity contribution in [3.8, 4) is 11.3 Å². The van der Waals surface area contributed by atoms with Crippen LogP contribution in [-0.2, 0) is 11.2 Å². The number of fused-ring (bicyclic) bond motifs is 1. The summed E-state index contributed by atoms with van der Waals surface area (Å²) in [5.41, 5.74) is 4.76. The fourth-order valence-corrected chi connectivity index (χ4v) is 3.95. The highest BCUT2D eigenvalue weighted by atomic mass is 35.5. The van der Waals surface area contributed by atoms with Gasteiger partial charge >= 0.3 is 5.97 Å². The lowest BCUT2D eigenvalue weighted by atomic mass is 10.0. The van der Waals surface area contributed by atoms with Crippen LogP contribution in [0.25, 0.3) is 22.3 Å². The lowest BCUT2D eigenvalue weighted by Gasteiger charge is -2.23. The maximum atomic E-state index is 13.2. The van der Waals surface area contributed by atoms with E-state index in [1.165, 1.54) is 6.26 Å². The number of rotatable bonds is 9. The fourth-order valence-electron chi connectivity index (χ4n) is 3.82. The van der Waals surface area contributed by atoms with Crippen molar-refractivity contribution >= 4 is 34.5 Å². The third-order valence-corrected chi connectivity index (χ3v) is 6.19. The lowest BCUT2D eigenvalue weighted by molar-refractivity contribution is -0.137. The molecule has 180 valence electrons. The van der Waals surface area contributed by atoms with Crippen LogP contribution in [0.1, 0.15) is 54.0 Å². The molecule has 2 heterocycles. The largest absolute Gasteiger partial charge is 0.481 e. The Balaban J connectivity index is 1.67. The van der Waals surface area contributed by atoms with Gasteiger partial charge in [-0.15, -0.1) is 0 Å². The highest BCUT2D eigenvalue weighted by Gasteiger charge is 2.22. The number of carboxylic acids is 1. The first-order chi connectivity index (χ1) is 16.8. The second-order valence-electron chi connectivity index (χ2n) is 8.35. The van der Waals surface area contributed by atoms with Crippen molar-refractivity contribution in [2.24, 2.45) is 0 Å². The average molecular weight is 493 g/mol. The van der Waals surface area contributed by atoms with Crippen LogP contribution in [0.5, 0.6) is 0 Å². The van der Waals surface area contributed by atoms with Crippen LogP contribution in [0, 0.1) is 0 Å². The Labute approximate surface area is 207 Å². The van der Waals surface area contributed by atoms with E-state index in [4.69, 9.17) is 31.2 Å². The number of benzene rings is 2. The highest BCUT2D eigenvalue weighted by Crippen LogP contribution is 2.27. The van der Waals surface area contributed by atoms with Crippen LogP contribution in [0.2, 0.25) is 5.02 Å². The van der Waals surface area contributed by atoms with E-state index >= 15 is 0 Å². The summed E-state index contributed by atoms with van der Waals surface area (Å²) in [4.78, 5) is 35.3. The Bertz CT molecular complexity index is 1340. The van der Waals surface area contributed by atoms with Crippen LogP contribution in [0.3, 0.4) is 0 Å². The average Bonchev–Trinajstić information content (AvgIpc) is 3.40. The van der Waals surface area contributed by atoms with Gasteiger partial charge in [0.05, 0.1) is 28.5 Å². The predicted octanol–water partition coefficient (Wildman–Crippen LogP) is 5.57. The predicted molar refractivity (Wildman–Crippen MR) is 132 cm³/mol. The van der Waals surface area contributed by atoms with E-state index in [1.807, 2.05) is 19.1 Å². The molecule has 4 aromatic rings. The van der Waals surface area contributed by atoms with E-state index < -0.39 is 5.97 Å². The molecule has 9 heteroatoms. The Morgan fingerprint density at radius 3 is 2.51 bits per heavy atom. The highest BCUT2D eigenvalue weighted by molar-refractivity contribution is 6.30. The molecule has 0 spiro atoms. The molecule has 1 unspecified atom stereocenters. The number of hydrogen-bond donors (Lipinski definition) is 1. The number of aryl methyl sites for hydroxylation is 1. The number of hydrogen-bond acceptors (Lipinski definition) is 6. The van der Waals surface area contributed by atoms with Crippen molar-refractivity contribution in [1.29, 1.82) is 0 Å². The number of unbranched alkanes of at least 4 members (excludes halogenated alkanes) is 1. The molecule has 8 nitrogen and oxygen atoms in total. The van der Waals surface area contributed by atoms with Crippen LogP contribution >= 0.6 is 11.6 Å². The molecule has 1 atom stereocenters. The third-order valence-electron chi connectivity index (χ3n) is 5.94. The van der Waals surface area contributed by atoms with Crippen LogP contribution in [-0.4, -0.2) is 44.1 Å². The van der Waals surface area contributed by atoms with E-state index in [-0.39, 0.29) is 18.4 Å². The van der Waals surface area contributed by atoms with Crippen molar-refractivity contribution < 1.29 is 19.2 Å². The van der Waals surface area contributed by atoms with Gasteiger partial charge in [-0.05, 0) is 56.5 Å². The van der Waals surface area contributed by atoms with Gasteiger partial charge in [0, 0.05) is 35.7 Å². The summed E-state index contributed by atoms with van der Waals surface area (Å²) in [5, 5.41) is 13.5. The third kappa shape index (κ3) is 5.66. The molecule has 1 amide bonds. The van der Waals surface area contributed by atoms with E-state index in [1.54, 1.807) is 48.3 Å². The van der Waals surface area contributed by atoms with Gasteiger partial charge in [0.25, 0.3) is 5.91 Å². The number of aromatic nitrogens is 3. The van der Waals surface area contributed by atoms with Gasteiger partial charge in [-0.25, -0.2) is 9.97 Å². The van der Waals surface area contributed by atoms with Gasteiger partial charge in [0.1, 0.15) is 12.0 Å². The van der Waals surface area contributed by atoms with E-state index in [0.29, 0.717) is 46.6 Å². The van der Waals surface area contributed by atoms with Crippen molar-refractivity contribution in [3.63, 3.8) is 0 Å². The Morgan fingerprint density at radius 1 is 1.06 bits per heavy atom. The molecule has 2 aromatic heterocycles. The second kappa shape index (κ2) is 10.7. The van der Waals surface area contributed by atoms with Crippen molar-refractivity contribution in [2.45, 2.75) is 38.6 Å². The van der Waals surface area contributed by atoms with Crippen molar-refractivity contribution in [2.75, 3.05) is 7.05 Å². The molecule has 0 saturated carbocycles. The number of aliphatic carboxylic acids is 1. The number of amides is 1. The fraction of sp³-hybridized carbons (Fsp3) is 0.269. The van der Waals surface area contributed by atoms with Crippen molar-refractivity contribution in [1.82, 2.24) is 20.0 Å². The molecule has 1 N–H and O–H groups in total. The minimum Gasteiger partial charge on any atom is -0.481 e. The molecule has 0 bridgehead atoms. The number of carbonyl (C=O) groups is 2. The first-order valence-electron chi connectivity index (χ1n) is 11.3. The van der Waals surface area contributed by atoms with Crippen LogP contribution in [0.15, 0.2) is 59.3 Å². The maximum Gasteiger partial charge on any atom is 0.303 e. The Morgan fingerprint density at radius 2 is 1.83 bits per heavy atom. The Kier molecular flexibility index (Phi) is 7.41. The molecule has 35 heavy (non-hydrogen) atoms. The molecule has 4 rings (SSSR count). The molecule has 2 aromatic carbocycles. The summed E-state index contributed by atoms with van der Waals surface area (Å²) in [5.74, 6) is -0.992. The van der Waals surface area contributed by atoms with Gasteiger partial charge in [-0.2, -0.15) is 0 Å². The zero-order valence-corrected chi connectivity index (χ0v) is 20.2. The standard InChI is InChI=1S/C26H25ClN4O4/c1-16(20-13-14-35-30-20)31(2)26(34)18-9-12-21-23(15-18)28-22(5-3-4-6-24(32)33)25(29-21)17-7-10-19(27)11-8-17/h7-16H,3-6H2,1-2H3,(H,32,33). The summed E-state index contributed by atoms with van der Waals surface area (Å²) in [6.07, 6.45) is 3.34. The zero-order chi connectivity index (χ0) is 24.9. The van der Waals surface area contributed by atoms with Gasteiger partial charge in [0.15, 0.2) is 0 Å². The summed E-state index contributed by atoms with van der Waals surface area (Å²) >= 11 is 6.06. The molecule has 0 aliphatic rings. The molecule has 0 fully saturated rings. The quantitative estimate of drug-likeness (QED) is 0.304. The molecule has 0 saturated heterocycles. The summed E-state index contributed by atoms with van der Waals surface area (Å²) < 4.78 is 4.90. The van der Waals surface area contributed by atoms with Crippen LogP contribution in [0.4, 0.5) is 0 Å². The second-order valence-corrected chi connectivity index (χ2v) is 8.78. The number of carbonyl (C=O) groups excluding carboxylic acids is 1. The first-order valence-corrected chi connectivity index (χ1v) is 11.7. The van der Waals surface area contributed by atoms with E-state index in [9.17, 15) is 9.59 Å². The molecule has 0 radical (unpaired) electrons. The minimum absolute atomic E-state index is 0.103. The molecular weight excluding hydrogens is 468 g/mol. The Hall–Kier alpha value is -3.78. The smallest absolute Gasteiger partial charge is 0.303 e. The number of carboxylic acid groups (broad SMARTS) is 1. The maximum absolute atomic E-state index is 13.2. The number of nitrogens with zero attached hydrogens (tertiary/aromatic N) is 4. The number of halogens is 1. The van der Waals surface area contributed by atoms with Crippen LogP contribution < -0.4 is 0 Å². The van der Waals surface area contributed by atoms with Gasteiger partial charge < -0.3 is 14.5 Å². The zero-order valence-electron chi connectivity index (χ0n) is 19.4. The normalized spacial score (nSPS) is 12.0. The first kappa shape index (κ1) is 24.3. The molecular formula is C26H25ClN4O4. The van der Waals surface area contributed by atoms with E-state index in [0.717, 1.165) is 17.0 Å². The lowest BCUT2D eigenvalue weighted by Crippen LogP contribution is -2.29. The molecule has 0 aliphatic carbocycles. The van der Waals surface area contributed by atoms with E-state index in [2.05, 4.69) is 5.16 Å². The monoisotopic (exact) mass is 492 g/mol. The minimum atomic E-state index is -0.820. The topological polar surface area (TPSA) is 109 Å². The summed E-state index contributed by atoms with van der Waals surface area (Å²) in [7, 11) is 1.72. The van der Waals surface area contributed by atoms with Gasteiger partial charge in [-0.3, -0.25) is 9.59 Å². The summed E-state index contributed by atoms with van der Waals surface area (Å²) in [6.45, 7) is 1.88. The summed E-state index contributed by atoms with van der Waals surface area (Å²) in [6, 6.07) is 14.1.